The third-order valence-corrected chi connectivity index (χ3v) is 3.04. The number of nitrogens with two attached hydrogens (primary N) is 1. The maximum Gasteiger partial charge on any atom is 0.224 e. The van der Waals surface area contributed by atoms with Gasteiger partial charge in [0.2, 0.25) is 5.91 Å². The van der Waals surface area contributed by atoms with Crippen molar-refractivity contribution in [1.29, 1.82) is 0 Å². The van der Waals surface area contributed by atoms with E-state index < -0.39 is 0 Å². The van der Waals surface area contributed by atoms with Crippen molar-refractivity contribution >= 4 is 23.1 Å². The van der Waals surface area contributed by atoms with Gasteiger partial charge in [-0.1, -0.05) is 38.2 Å². The first-order chi connectivity index (χ1) is 8.93. The molecule has 0 heterocycles. The van der Waals surface area contributed by atoms with Gasteiger partial charge in [0.1, 0.15) is 5.75 Å². The molecule has 19 heavy (non-hydrogen) atoms. The zero-order chi connectivity index (χ0) is 14.4. The van der Waals surface area contributed by atoms with Crippen LogP contribution in [0.2, 0.25) is 0 Å². The van der Waals surface area contributed by atoms with Crippen molar-refractivity contribution in [3.05, 3.63) is 29.8 Å². The molecule has 1 aromatic rings. The van der Waals surface area contributed by atoms with Crippen LogP contribution in [0.1, 0.15) is 19.4 Å². The Morgan fingerprint density at radius 2 is 2.16 bits per heavy atom. The van der Waals surface area contributed by atoms with Gasteiger partial charge in [0.15, 0.2) is 0 Å². The number of methoxy groups -OCH3 is 1. The number of thiocarbonyl (C=S) groups is 1. The first-order valence-corrected chi connectivity index (χ1v) is 6.56. The Bertz CT molecular complexity index is 461. The predicted octanol–water partition coefficient (Wildman–Crippen LogP) is 1.66. The summed E-state index contributed by atoms with van der Waals surface area (Å²) in [4.78, 5) is 12.3. The van der Waals surface area contributed by atoms with Gasteiger partial charge in [0.05, 0.1) is 24.6 Å². The molecule has 0 aliphatic heterocycles. The van der Waals surface area contributed by atoms with Gasteiger partial charge in [-0.2, -0.15) is 0 Å². The summed E-state index contributed by atoms with van der Waals surface area (Å²) in [5.41, 5.74) is 6.51. The summed E-state index contributed by atoms with van der Waals surface area (Å²) < 4.78 is 5.12. The minimum Gasteiger partial charge on any atom is -0.497 e. The van der Waals surface area contributed by atoms with Crippen LogP contribution in [0.5, 0.6) is 5.75 Å². The van der Waals surface area contributed by atoms with Gasteiger partial charge in [-0.05, 0) is 23.6 Å². The Morgan fingerprint density at radius 1 is 1.47 bits per heavy atom. The van der Waals surface area contributed by atoms with Crippen molar-refractivity contribution in [1.82, 2.24) is 5.32 Å². The van der Waals surface area contributed by atoms with E-state index in [4.69, 9.17) is 22.7 Å². The quantitative estimate of drug-likeness (QED) is 0.778. The van der Waals surface area contributed by atoms with Gasteiger partial charge in [-0.3, -0.25) is 4.79 Å². The van der Waals surface area contributed by atoms with E-state index in [0.717, 1.165) is 11.3 Å². The Morgan fingerprint density at radius 3 is 2.68 bits per heavy atom. The smallest absolute Gasteiger partial charge is 0.224 e. The summed E-state index contributed by atoms with van der Waals surface area (Å²) in [5, 5.41) is 2.86. The molecule has 0 aliphatic carbocycles. The lowest BCUT2D eigenvalue weighted by Crippen LogP contribution is -2.47. The second kappa shape index (κ2) is 7.09. The molecule has 0 spiro atoms. The number of amides is 1. The third-order valence-electron chi connectivity index (χ3n) is 2.79. The average Bonchev–Trinajstić information content (AvgIpc) is 2.35. The molecule has 3 N–H and O–H groups in total. The van der Waals surface area contributed by atoms with Gasteiger partial charge in [-0.15, -0.1) is 0 Å². The topological polar surface area (TPSA) is 64.3 Å². The minimum absolute atomic E-state index is 0.0975. The summed E-state index contributed by atoms with van der Waals surface area (Å²) in [6.07, 6.45) is 0.281. The molecule has 0 fully saturated rings. The van der Waals surface area contributed by atoms with Crippen molar-refractivity contribution in [3.63, 3.8) is 0 Å². The van der Waals surface area contributed by atoms with E-state index in [2.05, 4.69) is 5.32 Å². The van der Waals surface area contributed by atoms with Crippen molar-refractivity contribution in [2.75, 3.05) is 7.11 Å². The zero-order valence-corrected chi connectivity index (χ0v) is 12.3. The second-order valence-corrected chi connectivity index (χ2v) is 5.19. The second-order valence-electron chi connectivity index (χ2n) is 4.72. The molecule has 0 radical (unpaired) electrons. The van der Waals surface area contributed by atoms with Crippen LogP contribution in [0.15, 0.2) is 24.3 Å². The molecule has 1 rings (SSSR count). The number of carbonyl (C=O) groups is 1. The summed E-state index contributed by atoms with van der Waals surface area (Å²) in [5.74, 6) is 0.812. The maximum absolute atomic E-state index is 12.0. The molecule has 5 heteroatoms. The zero-order valence-electron chi connectivity index (χ0n) is 11.5. The summed E-state index contributed by atoms with van der Waals surface area (Å²) in [6.45, 7) is 3.94. The van der Waals surface area contributed by atoms with E-state index in [-0.39, 0.29) is 24.3 Å². The monoisotopic (exact) mass is 280 g/mol. The predicted molar refractivity (Wildman–Crippen MR) is 80.3 cm³/mol. The number of ether oxygens (including phenoxy) is 1. The molecule has 0 bridgehead atoms. The summed E-state index contributed by atoms with van der Waals surface area (Å²) in [6, 6.07) is 7.15. The Hall–Kier alpha value is -1.62. The third kappa shape index (κ3) is 4.87. The van der Waals surface area contributed by atoms with E-state index in [1.54, 1.807) is 7.11 Å². The molecule has 0 aliphatic rings. The van der Waals surface area contributed by atoms with Crippen molar-refractivity contribution in [2.24, 2.45) is 11.7 Å². The number of hydrogen-bond acceptors (Lipinski definition) is 3. The summed E-state index contributed by atoms with van der Waals surface area (Å²) >= 11 is 4.96. The van der Waals surface area contributed by atoms with Crippen LogP contribution in [0.3, 0.4) is 0 Å². The van der Waals surface area contributed by atoms with Crippen LogP contribution in [-0.2, 0) is 11.2 Å². The van der Waals surface area contributed by atoms with E-state index >= 15 is 0 Å². The number of hydrogen-bond donors (Lipinski definition) is 2. The molecule has 0 saturated carbocycles. The fourth-order valence-electron chi connectivity index (χ4n) is 1.76. The fourth-order valence-corrected chi connectivity index (χ4v) is 2.09. The molecule has 1 amide bonds. The van der Waals surface area contributed by atoms with Gasteiger partial charge in [-0.25, -0.2) is 0 Å². The van der Waals surface area contributed by atoms with Gasteiger partial charge in [0.25, 0.3) is 0 Å². The number of benzene rings is 1. The molecule has 0 aromatic heterocycles. The SMILES string of the molecule is COc1cccc(CC(=O)NC(C(N)=S)C(C)C)c1. The van der Waals surface area contributed by atoms with Crippen molar-refractivity contribution in [2.45, 2.75) is 26.3 Å². The van der Waals surface area contributed by atoms with E-state index in [0.29, 0.717) is 4.99 Å². The molecule has 104 valence electrons. The van der Waals surface area contributed by atoms with E-state index in [9.17, 15) is 4.79 Å². The lowest BCUT2D eigenvalue weighted by Gasteiger charge is -2.21. The van der Waals surface area contributed by atoms with Crippen LogP contribution in [-0.4, -0.2) is 24.0 Å². The highest BCUT2D eigenvalue weighted by atomic mass is 32.1. The first kappa shape index (κ1) is 15.4. The fraction of sp³-hybridized carbons (Fsp3) is 0.429. The largest absolute Gasteiger partial charge is 0.497 e. The Labute approximate surface area is 119 Å². The normalized spacial score (nSPS) is 12.0. The highest BCUT2D eigenvalue weighted by molar-refractivity contribution is 7.80. The van der Waals surface area contributed by atoms with Crippen molar-refractivity contribution in [3.8, 4) is 5.75 Å². The number of nitrogens with one attached hydrogen (secondary N) is 1. The maximum atomic E-state index is 12.0. The molecule has 0 saturated heterocycles. The highest BCUT2D eigenvalue weighted by Crippen LogP contribution is 2.13. The Kier molecular flexibility index (Phi) is 5.76. The molecule has 4 nitrogen and oxygen atoms in total. The van der Waals surface area contributed by atoms with Crippen LogP contribution in [0, 0.1) is 5.92 Å². The van der Waals surface area contributed by atoms with Gasteiger partial charge < -0.3 is 15.8 Å². The molecule has 1 aromatic carbocycles. The standard InChI is InChI=1S/C14H20N2O2S/c1-9(2)13(14(15)19)16-12(17)8-10-5-4-6-11(7-10)18-3/h4-7,9,13H,8H2,1-3H3,(H2,15,19)(H,16,17). The number of carbonyl (C=O) groups excluding carboxylic acids is 1. The van der Waals surface area contributed by atoms with Crippen LogP contribution < -0.4 is 15.8 Å². The lowest BCUT2D eigenvalue weighted by atomic mass is 10.0. The Balaban J connectivity index is 2.66. The highest BCUT2D eigenvalue weighted by Gasteiger charge is 2.18. The molecule has 1 unspecified atom stereocenters. The van der Waals surface area contributed by atoms with Crippen molar-refractivity contribution < 1.29 is 9.53 Å². The van der Waals surface area contributed by atoms with E-state index in [1.807, 2.05) is 38.1 Å². The number of rotatable bonds is 6. The molecular weight excluding hydrogens is 260 g/mol. The average molecular weight is 280 g/mol. The first-order valence-electron chi connectivity index (χ1n) is 6.15. The van der Waals surface area contributed by atoms with Crippen LogP contribution in [0.25, 0.3) is 0 Å². The van der Waals surface area contributed by atoms with Gasteiger partial charge in [0, 0.05) is 0 Å². The van der Waals surface area contributed by atoms with Gasteiger partial charge >= 0.3 is 0 Å². The minimum atomic E-state index is -0.270. The van der Waals surface area contributed by atoms with Crippen LogP contribution >= 0.6 is 12.2 Å². The molecule has 1 atom stereocenters. The lowest BCUT2D eigenvalue weighted by molar-refractivity contribution is -0.120. The molecular formula is C14H20N2O2S. The van der Waals surface area contributed by atoms with E-state index in [1.165, 1.54) is 0 Å². The van der Waals surface area contributed by atoms with Crippen LogP contribution in [0.4, 0.5) is 0 Å². The summed E-state index contributed by atoms with van der Waals surface area (Å²) in [7, 11) is 1.60.